The molecule has 0 aliphatic rings. The Bertz CT molecular complexity index is 861. The first-order valence-corrected chi connectivity index (χ1v) is 10.7. The Morgan fingerprint density at radius 2 is 1.90 bits per heavy atom. The molecule has 0 amide bonds. The van der Waals surface area contributed by atoms with Crippen molar-refractivity contribution in [3.05, 3.63) is 56.0 Å². The molecular weight excluding hydrogens is 481 g/mol. The predicted octanol–water partition coefficient (Wildman–Crippen LogP) is 5.93. The number of hydrogen-bond donors (Lipinski definition) is 2. The maximum absolute atomic E-state index is 11.4. The zero-order valence-electron chi connectivity index (χ0n) is 16.5. The Morgan fingerprint density at radius 3 is 2.48 bits per heavy atom. The average molecular weight is 505 g/mol. The molecule has 0 bridgehead atoms. The Kier molecular flexibility index (Phi) is 9.08. The number of aliphatic carboxylic acids is 1. The predicted molar refractivity (Wildman–Crippen MR) is 119 cm³/mol. The molecule has 2 N–H and O–H groups in total. The minimum absolute atomic E-state index is 0.280. The van der Waals surface area contributed by atoms with Crippen LogP contribution in [-0.4, -0.2) is 24.2 Å². The van der Waals surface area contributed by atoms with E-state index in [1.807, 2.05) is 32.0 Å². The Hall–Kier alpha value is -1.47. The van der Waals surface area contributed by atoms with Crippen LogP contribution in [0.4, 0.5) is 0 Å². The van der Waals surface area contributed by atoms with Gasteiger partial charge in [-0.05, 0) is 63.7 Å². The van der Waals surface area contributed by atoms with Gasteiger partial charge in [-0.15, -0.1) is 0 Å². The second kappa shape index (κ2) is 11.1. The number of carboxylic acid groups (broad SMARTS) is 1. The van der Waals surface area contributed by atoms with E-state index in [-0.39, 0.29) is 5.92 Å². The van der Waals surface area contributed by atoms with Gasteiger partial charge in [0.15, 0.2) is 11.5 Å². The van der Waals surface area contributed by atoms with Crippen molar-refractivity contribution in [3.8, 4) is 11.5 Å². The highest BCUT2D eigenvalue weighted by molar-refractivity contribution is 9.10. The summed E-state index contributed by atoms with van der Waals surface area (Å²) >= 11 is 15.5. The third kappa shape index (κ3) is 7.07. The van der Waals surface area contributed by atoms with E-state index in [1.54, 1.807) is 19.2 Å². The van der Waals surface area contributed by atoms with Crippen molar-refractivity contribution in [2.75, 3.05) is 7.11 Å². The van der Waals surface area contributed by atoms with Crippen molar-refractivity contribution < 1.29 is 19.4 Å². The highest BCUT2D eigenvalue weighted by atomic mass is 79.9. The van der Waals surface area contributed by atoms with Crippen LogP contribution in [0.25, 0.3) is 0 Å². The fraction of sp³-hybridized carbons (Fsp3) is 0.381. The van der Waals surface area contributed by atoms with Crippen LogP contribution in [0.5, 0.6) is 11.5 Å². The van der Waals surface area contributed by atoms with Crippen LogP contribution < -0.4 is 14.8 Å². The van der Waals surface area contributed by atoms with Crippen LogP contribution in [0.1, 0.15) is 31.4 Å². The van der Waals surface area contributed by atoms with Crippen LogP contribution in [0.15, 0.2) is 34.8 Å². The monoisotopic (exact) mass is 503 g/mol. The van der Waals surface area contributed by atoms with Gasteiger partial charge in [-0.2, -0.15) is 0 Å². The van der Waals surface area contributed by atoms with Gasteiger partial charge in [0, 0.05) is 6.54 Å². The first kappa shape index (κ1) is 23.8. The van der Waals surface area contributed by atoms with Crippen LogP contribution in [0, 0.1) is 5.92 Å². The Balaban J connectivity index is 2.11. The summed E-state index contributed by atoms with van der Waals surface area (Å²) in [5.74, 6) is 0.527. The normalized spacial score (nSPS) is 12.1. The quantitative estimate of drug-likeness (QED) is 0.419. The van der Waals surface area contributed by atoms with E-state index in [9.17, 15) is 9.90 Å². The molecule has 2 rings (SSSR count). The average Bonchev–Trinajstić information content (AvgIpc) is 2.66. The number of ether oxygens (including phenoxy) is 2. The van der Waals surface area contributed by atoms with Gasteiger partial charge in [0.2, 0.25) is 0 Å². The van der Waals surface area contributed by atoms with Crippen molar-refractivity contribution in [1.82, 2.24) is 5.32 Å². The molecule has 0 saturated heterocycles. The van der Waals surface area contributed by atoms with Gasteiger partial charge in [0.1, 0.15) is 12.6 Å². The zero-order valence-corrected chi connectivity index (χ0v) is 19.6. The topological polar surface area (TPSA) is 67.8 Å². The number of halogens is 3. The van der Waals surface area contributed by atoms with Gasteiger partial charge in [0.05, 0.1) is 21.6 Å². The van der Waals surface area contributed by atoms with Gasteiger partial charge < -0.3 is 19.9 Å². The molecule has 1 atom stereocenters. The highest BCUT2D eigenvalue weighted by Crippen LogP contribution is 2.37. The summed E-state index contributed by atoms with van der Waals surface area (Å²) in [7, 11) is 1.56. The first-order valence-electron chi connectivity index (χ1n) is 9.10. The number of benzene rings is 2. The Morgan fingerprint density at radius 1 is 1.17 bits per heavy atom. The Labute approximate surface area is 189 Å². The maximum atomic E-state index is 11.4. The van der Waals surface area contributed by atoms with Crippen molar-refractivity contribution >= 4 is 45.1 Å². The van der Waals surface area contributed by atoms with Gasteiger partial charge in [0.25, 0.3) is 0 Å². The van der Waals surface area contributed by atoms with Crippen molar-refractivity contribution in [1.29, 1.82) is 0 Å². The van der Waals surface area contributed by atoms with Gasteiger partial charge in [-0.3, -0.25) is 4.79 Å². The van der Waals surface area contributed by atoms with E-state index in [2.05, 4.69) is 21.2 Å². The fourth-order valence-electron chi connectivity index (χ4n) is 2.78. The molecule has 0 radical (unpaired) electrons. The molecule has 2 aromatic rings. The van der Waals surface area contributed by atoms with Crippen LogP contribution >= 0.6 is 39.1 Å². The number of rotatable bonds is 10. The summed E-state index contributed by atoms with van der Waals surface area (Å²) < 4.78 is 12.1. The maximum Gasteiger partial charge on any atom is 0.320 e. The molecule has 0 aromatic heterocycles. The molecular formula is C21H24BrCl2NO4. The van der Waals surface area contributed by atoms with Gasteiger partial charge in [-0.1, -0.05) is 43.1 Å². The molecule has 1 unspecified atom stereocenters. The number of hydrogen-bond acceptors (Lipinski definition) is 4. The summed E-state index contributed by atoms with van der Waals surface area (Å²) in [6.45, 7) is 4.68. The SMILES string of the molecule is COc1cc(CNC(CC(C)C)C(=O)O)cc(Br)c1OCc1ccc(Cl)c(Cl)c1. The lowest BCUT2D eigenvalue weighted by Crippen LogP contribution is -2.37. The zero-order chi connectivity index (χ0) is 21.6. The number of methoxy groups -OCH3 is 1. The number of carboxylic acids is 1. The molecule has 0 aliphatic heterocycles. The van der Waals surface area contributed by atoms with Crippen LogP contribution in [0.3, 0.4) is 0 Å². The molecule has 0 fully saturated rings. The second-order valence-electron chi connectivity index (χ2n) is 7.05. The first-order chi connectivity index (χ1) is 13.7. The lowest BCUT2D eigenvalue weighted by Gasteiger charge is -2.18. The molecule has 8 heteroatoms. The fourth-order valence-corrected chi connectivity index (χ4v) is 3.71. The van der Waals surface area contributed by atoms with Crippen LogP contribution in [0.2, 0.25) is 10.0 Å². The number of carbonyl (C=O) groups is 1. The standard InChI is InChI=1S/C21H24BrCl2NO4/c1-12(2)6-18(21(26)27)25-10-14-7-15(22)20(19(9-14)28-3)29-11-13-4-5-16(23)17(24)8-13/h4-5,7-9,12,18,25H,6,10-11H2,1-3H3,(H,26,27). The van der Waals surface area contributed by atoms with Gasteiger partial charge >= 0.3 is 5.97 Å². The summed E-state index contributed by atoms with van der Waals surface area (Å²) in [6, 6.07) is 8.42. The lowest BCUT2D eigenvalue weighted by molar-refractivity contribution is -0.140. The minimum atomic E-state index is -0.855. The third-order valence-corrected chi connectivity index (χ3v) is 5.54. The smallest absolute Gasteiger partial charge is 0.320 e. The molecule has 2 aromatic carbocycles. The van der Waals surface area contributed by atoms with E-state index >= 15 is 0 Å². The summed E-state index contributed by atoms with van der Waals surface area (Å²) in [5.41, 5.74) is 1.75. The molecule has 0 aliphatic carbocycles. The van der Waals surface area contributed by atoms with Gasteiger partial charge in [-0.25, -0.2) is 0 Å². The minimum Gasteiger partial charge on any atom is -0.493 e. The second-order valence-corrected chi connectivity index (χ2v) is 8.72. The largest absolute Gasteiger partial charge is 0.493 e. The third-order valence-electron chi connectivity index (χ3n) is 4.21. The van der Waals surface area contributed by atoms with E-state index < -0.39 is 12.0 Å². The van der Waals surface area contributed by atoms with Crippen molar-refractivity contribution in [3.63, 3.8) is 0 Å². The van der Waals surface area contributed by atoms with Crippen molar-refractivity contribution in [2.24, 2.45) is 5.92 Å². The van der Waals surface area contributed by atoms with E-state index in [4.69, 9.17) is 32.7 Å². The molecule has 29 heavy (non-hydrogen) atoms. The molecule has 0 saturated carbocycles. The molecule has 158 valence electrons. The highest BCUT2D eigenvalue weighted by Gasteiger charge is 2.19. The molecule has 5 nitrogen and oxygen atoms in total. The van der Waals surface area contributed by atoms with E-state index in [0.29, 0.717) is 45.6 Å². The summed E-state index contributed by atoms with van der Waals surface area (Å²) in [4.78, 5) is 11.4. The summed E-state index contributed by atoms with van der Waals surface area (Å²) in [5, 5.41) is 13.4. The molecule has 0 spiro atoms. The van der Waals surface area contributed by atoms with E-state index in [1.165, 1.54) is 0 Å². The lowest BCUT2D eigenvalue weighted by atomic mass is 10.0. The van der Waals surface area contributed by atoms with E-state index in [0.717, 1.165) is 11.1 Å². The van der Waals surface area contributed by atoms with Crippen LogP contribution in [-0.2, 0) is 17.9 Å². The molecule has 0 heterocycles. The van der Waals surface area contributed by atoms with Crippen molar-refractivity contribution in [2.45, 2.75) is 39.5 Å². The number of nitrogens with one attached hydrogen (secondary N) is 1. The summed E-state index contributed by atoms with van der Waals surface area (Å²) in [6.07, 6.45) is 0.554.